The number of rotatable bonds is 6. The lowest BCUT2D eigenvalue weighted by Gasteiger charge is -2.35. The Morgan fingerprint density at radius 2 is 2.47 bits per heavy atom. The fourth-order valence-electron chi connectivity index (χ4n) is 1.85. The molecule has 15 heavy (non-hydrogen) atoms. The molecule has 1 heterocycles. The molecule has 0 spiro atoms. The summed E-state index contributed by atoms with van der Waals surface area (Å²) in [5.74, 6) is 0.947. The number of aromatic amines is 1. The van der Waals surface area contributed by atoms with Crippen molar-refractivity contribution in [3.63, 3.8) is 0 Å². The number of nitrogens with one attached hydrogen (secondary N) is 2. The minimum absolute atomic E-state index is 0.484. The van der Waals surface area contributed by atoms with E-state index in [1.807, 2.05) is 6.92 Å². The summed E-state index contributed by atoms with van der Waals surface area (Å²) in [7, 11) is 0. The third-order valence-corrected chi connectivity index (χ3v) is 2.76. The van der Waals surface area contributed by atoms with Crippen molar-refractivity contribution in [1.29, 1.82) is 0 Å². The molecule has 0 aromatic carbocycles. The molecule has 1 aliphatic rings. The van der Waals surface area contributed by atoms with Gasteiger partial charge in [-0.15, -0.1) is 0 Å². The smallest absolute Gasteiger partial charge is 0.137 e. The van der Waals surface area contributed by atoms with E-state index < -0.39 is 0 Å². The van der Waals surface area contributed by atoms with Crippen LogP contribution in [0.4, 0.5) is 0 Å². The fourth-order valence-corrected chi connectivity index (χ4v) is 1.85. The number of hydrogen-bond donors (Lipinski definition) is 2. The van der Waals surface area contributed by atoms with Gasteiger partial charge >= 0.3 is 0 Å². The van der Waals surface area contributed by atoms with E-state index in [0.29, 0.717) is 12.1 Å². The molecule has 0 radical (unpaired) electrons. The maximum Gasteiger partial charge on any atom is 0.137 e. The molecule has 0 bridgehead atoms. The van der Waals surface area contributed by atoms with Crippen molar-refractivity contribution >= 4 is 0 Å². The minimum atomic E-state index is 0.484. The highest BCUT2D eigenvalue weighted by molar-refractivity contribution is 4.88. The molecule has 5 heteroatoms. The van der Waals surface area contributed by atoms with Gasteiger partial charge in [0.1, 0.15) is 12.2 Å². The lowest BCUT2D eigenvalue weighted by Crippen LogP contribution is -2.46. The van der Waals surface area contributed by atoms with Crippen molar-refractivity contribution in [2.24, 2.45) is 0 Å². The van der Waals surface area contributed by atoms with Crippen molar-refractivity contribution in [2.45, 2.75) is 38.3 Å². The molecule has 0 atom stereocenters. The van der Waals surface area contributed by atoms with Gasteiger partial charge in [-0.25, -0.2) is 4.98 Å². The summed E-state index contributed by atoms with van der Waals surface area (Å²) in [5.41, 5.74) is 0. The Hall–Kier alpha value is -0.940. The second kappa shape index (κ2) is 5.23. The Morgan fingerprint density at radius 1 is 1.60 bits per heavy atom. The van der Waals surface area contributed by atoms with Crippen molar-refractivity contribution in [3.05, 3.63) is 12.2 Å². The largest absolute Gasteiger partial charge is 0.378 e. The van der Waals surface area contributed by atoms with E-state index in [9.17, 15) is 0 Å². The fraction of sp³-hybridized carbons (Fsp3) is 0.800. The van der Waals surface area contributed by atoms with Gasteiger partial charge in [0.2, 0.25) is 0 Å². The van der Waals surface area contributed by atoms with Crippen molar-refractivity contribution in [3.8, 4) is 0 Å². The van der Waals surface area contributed by atoms with Gasteiger partial charge in [0, 0.05) is 25.6 Å². The quantitative estimate of drug-likeness (QED) is 0.718. The number of nitrogens with zero attached hydrogens (tertiary/aromatic N) is 2. The normalized spacial score (nSPS) is 25.1. The highest BCUT2D eigenvalue weighted by atomic mass is 16.5. The molecule has 84 valence electrons. The first kappa shape index (κ1) is 10.6. The molecule has 0 saturated heterocycles. The van der Waals surface area contributed by atoms with Crippen LogP contribution >= 0.6 is 0 Å². The molecule has 1 saturated carbocycles. The van der Waals surface area contributed by atoms with Gasteiger partial charge in [-0.3, -0.25) is 5.10 Å². The monoisotopic (exact) mass is 210 g/mol. The van der Waals surface area contributed by atoms with Crippen LogP contribution < -0.4 is 5.32 Å². The molecule has 5 nitrogen and oxygen atoms in total. The summed E-state index contributed by atoms with van der Waals surface area (Å²) in [6, 6.07) is 0.629. The third-order valence-electron chi connectivity index (χ3n) is 2.76. The Balaban J connectivity index is 1.53. The van der Waals surface area contributed by atoms with Crippen molar-refractivity contribution in [1.82, 2.24) is 20.5 Å². The molecule has 1 aliphatic carbocycles. The van der Waals surface area contributed by atoms with Crippen molar-refractivity contribution in [2.75, 3.05) is 13.2 Å². The van der Waals surface area contributed by atoms with Crippen LogP contribution in [-0.4, -0.2) is 40.5 Å². The van der Waals surface area contributed by atoms with Gasteiger partial charge in [-0.1, -0.05) is 0 Å². The molecule has 1 aromatic rings. The summed E-state index contributed by atoms with van der Waals surface area (Å²) < 4.78 is 5.49. The zero-order chi connectivity index (χ0) is 10.5. The van der Waals surface area contributed by atoms with Gasteiger partial charge in [-0.05, 0) is 19.8 Å². The van der Waals surface area contributed by atoms with Gasteiger partial charge in [0.15, 0.2) is 0 Å². The first-order valence-electron chi connectivity index (χ1n) is 5.57. The third kappa shape index (κ3) is 3.00. The predicted molar refractivity (Wildman–Crippen MR) is 56.5 cm³/mol. The summed E-state index contributed by atoms with van der Waals surface area (Å²) >= 11 is 0. The van der Waals surface area contributed by atoms with E-state index in [4.69, 9.17) is 4.74 Å². The Kier molecular flexibility index (Phi) is 3.69. The second-order valence-corrected chi connectivity index (χ2v) is 3.88. The zero-order valence-corrected chi connectivity index (χ0v) is 9.07. The molecule has 2 rings (SSSR count). The van der Waals surface area contributed by atoms with Crippen LogP contribution in [0.15, 0.2) is 6.33 Å². The Morgan fingerprint density at radius 3 is 3.13 bits per heavy atom. The highest BCUT2D eigenvalue weighted by Gasteiger charge is 2.28. The van der Waals surface area contributed by atoms with E-state index in [1.165, 1.54) is 0 Å². The van der Waals surface area contributed by atoms with Crippen LogP contribution in [0.5, 0.6) is 0 Å². The van der Waals surface area contributed by atoms with Crippen molar-refractivity contribution < 1.29 is 4.74 Å². The van der Waals surface area contributed by atoms with Gasteiger partial charge in [0.05, 0.1) is 6.10 Å². The average Bonchev–Trinajstić information content (AvgIpc) is 2.66. The summed E-state index contributed by atoms with van der Waals surface area (Å²) in [6.45, 7) is 3.83. The molecular formula is C10H18N4O. The number of ether oxygens (including phenoxy) is 1. The predicted octanol–water partition coefficient (Wildman–Crippen LogP) is 0.504. The second-order valence-electron chi connectivity index (χ2n) is 3.88. The van der Waals surface area contributed by atoms with E-state index in [-0.39, 0.29) is 0 Å². The SMILES string of the molecule is CCOC1CC(NCCc2ncn[nH]2)C1. The number of H-pyrrole nitrogens is 1. The molecule has 0 amide bonds. The average molecular weight is 210 g/mol. The molecule has 0 unspecified atom stereocenters. The van der Waals surface area contributed by atoms with E-state index in [1.54, 1.807) is 6.33 Å². The van der Waals surface area contributed by atoms with E-state index in [2.05, 4.69) is 20.5 Å². The van der Waals surface area contributed by atoms with Crippen LogP contribution in [0.25, 0.3) is 0 Å². The first-order chi connectivity index (χ1) is 7.38. The van der Waals surface area contributed by atoms with Gasteiger partial charge in [-0.2, -0.15) is 5.10 Å². The van der Waals surface area contributed by atoms with Crippen LogP contribution in [-0.2, 0) is 11.2 Å². The highest BCUT2D eigenvalue weighted by Crippen LogP contribution is 2.22. The standard InChI is InChI=1S/C10H18N4O/c1-2-15-9-5-8(6-9)11-4-3-10-12-7-13-14-10/h7-9,11H,2-6H2,1H3,(H,12,13,14). The maximum absolute atomic E-state index is 5.49. The van der Waals surface area contributed by atoms with Crippen LogP contribution in [0.2, 0.25) is 0 Å². The molecular weight excluding hydrogens is 192 g/mol. The zero-order valence-electron chi connectivity index (χ0n) is 9.07. The van der Waals surface area contributed by atoms with E-state index in [0.717, 1.165) is 38.2 Å². The first-order valence-corrected chi connectivity index (χ1v) is 5.57. The topological polar surface area (TPSA) is 62.8 Å². The maximum atomic E-state index is 5.49. The summed E-state index contributed by atoms with van der Waals surface area (Å²) in [6.07, 6.45) is 5.23. The number of aromatic nitrogens is 3. The molecule has 1 fully saturated rings. The number of hydrogen-bond acceptors (Lipinski definition) is 4. The van der Waals surface area contributed by atoms with Crippen LogP contribution in [0.1, 0.15) is 25.6 Å². The van der Waals surface area contributed by atoms with Crippen LogP contribution in [0, 0.1) is 0 Å². The summed E-state index contributed by atoms with van der Waals surface area (Å²) in [5, 5.41) is 10.1. The lowest BCUT2D eigenvalue weighted by molar-refractivity contribution is -0.00962. The summed E-state index contributed by atoms with van der Waals surface area (Å²) in [4.78, 5) is 4.07. The Bertz CT molecular complexity index is 269. The van der Waals surface area contributed by atoms with Gasteiger partial charge in [0.25, 0.3) is 0 Å². The molecule has 2 N–H and O–H groups in total. The van der Waals surface area contributed by atoms with Gasteiger partial charge < -0.3 is 10.1 Å². The Labute approximate surface area is 89.6 Å². The lowest BCUT2D eigenvalue weighted by atomic mass is 9.89. The van der Waals surface area contributed by atoms with Crippen LogP contribution in [0.3, 0.4) is 0 Å². The molecule has 0 aliphatic heterocycles. The minimum Gasteiger partial charge on any atom is -0.378 e. The molecule has 1 aromatic heterocycles. The van der Waals surface area contributed by atoms with E-state index >= 15 is 0 Å².